The van der Waals surface area contributed by atoms with Crippen molar-refractivity contribution < 1.29 is 9.59 Å². The van der Waals surface area contributed by atoms with E-state index in [2.05, 4.69) is 6.92 Å². The smallest absolute Gasteiger partial charge is 0.224 e. The minimum atomic E-state index is -0.0184. The summed E-state index contributed by atoms with van der Waals surface area (Å²) in [6.07, 6.45) is 1.78. The van der Waals surface area contributed by atoms with E-state index >= 15 is 0 Å². The summed E-state index contributed by atoms with van der Waals surface area (Å²) >= 11 is 0. The molecule has 0 atom stereocenters. The van der Waals surface area contributed by atoms with Crippen molar-refractivity contribution in [3.63, 3.8) is 0 Å². The van der Waals surface area contributed by atoms with Crippen molar-refractivity contribution in [2.45, 2.75) is 46.7 Å². The van der Waals surface area contributed by atoms with Crippen LogP contribution in [0.25, 0.3) is 11.0 Å². The molecule has 0 saturated carbocycles. The van der Waals surface area contributed by atoms with Crippen molar-refractivity contribution in [3.05, 3.63) is 59.9 Å². The summed E-state index contributed by atoms with van der Waals surface area (Å²) in [5.74, 6) is 0.998. The Kier molecular flexibility index (Phi) is 5.69. The molecule has 0 aliphatic carbocycles. The monoisotopic (exact) mass is 363 g/mol. The molecule has 0 aliphatic heterocycles. The number of hydrogen-bond donors (Lipinski definition) is 0. The SMILES string of the molecule is CCCc1nc2cc(N(Cc3ccccc3)C(C)=O)ccc2n1CC(C)=O. The van der Waals surface area contributed by atoms with Gasteiger partial charge in [0.1, 0.15) is 11.6 Å². The van der Waals surface area contributed by atoms with Gasteiger partial charge < -0.3 is 9.47 Å². The van der Waals surface area contributed by atoms with Crippen LogP contribution in [0, 0.1) is 0 Å². The number of hydrogen-bond acceptors (Lipinski definition) is 3. The fourth-order valence-electron chi connectivity index (χ4n) is 3.30. The number of fused-ring (bicyclic) bond motifs is 1. The first kappa shape index (κ1) is 18.8. The molecule has 1 amide bonds. The summed E-state index contributed by atoms with van der Waals surface area (Å²) in [5.41, 5.74) is 3.63. The highest BCUT2D eigenvalue weighted by molar-refractivity contribution is 5.94. The number of carbonyl (C=O) groups is 2. The van der Waals surface area contributed by atoms with E-state index in [0.29, 0.717) is 13.1 Å². The van der Waals surface area contributed by atoms with Crippen LogP contribution in [-0.2, 0) is 29.1 Å². The van der Waals surface area contributed by atoms with Gasteiger partial charge in [-0.05, 0) is 37.1 Å². The fourth-order valence-corrected chi connectivity index (χ4v) is 3.30. The van der Waals surface area contributed by atoms with Gasteiger partial charge in [-0.15, -0.1) is 0 Å². The predicted octanol–water partition coefficient (Wildman–Crippen LogP) is 4.13. The zero-order chi connectivity index (χ0) is 19.4. The molecule has 0 fully saturated rings. The largest absolute Gasteiger partial charge is 0.320 e. The molecule has 0 unspecified atom stereocenters. The first-order valence-electron chi connectivity index (χ1n) is 9.30. The Bertz CT molecular complexity index is 960. The zero-order valence-corrected chi connectivity index (χ0v) is 16.1. The maximum Gasteiger partial charge on any atom is 0.224 e. The van der Waals surface area contributed by atoms with E-state index in [4.69, 9.17) is 4.98 Å². The summed E-state index contributed by atoms with van der Waals surface area (Å²) in [4.78, 5) is 30.4. The molecule has 0 saturated heterocycles. The van der Waals surface area contributed by atoms with Crippen LogP contribution >= 0.6 is 0 Å². The summed E-state index contributed by atoms with van der Waals surface area (Å²) < 4.78 is 1.99. The number of imidazole rings is 1. The number of rotatable bonds is 7. The van der Waals surface area contributed by atoms with E-state index in [1.54, 1.807) is 18.7 Å². The minimum absolute atomic E-state index is 0.0184. The van der Waals surface area contributed by atoms with Crippen molar-refractivity contribution in [1.29, 1.82) is 0 Å². The Morgan fingerprint density at radius 2 is 1.81 bits per heavy atom. The van der Waals surface area contributed by atoms with Crippen LogP contribution in [0.1, 0.15) is 38.6 Å². The first-order valence-corrected chi connectivity index (χ1v) is 9.30. The van der Waals surface area contributed by atoms with Gasteiger partial charge in [0.2, 0.25) is 5.91 Å². The average molecular weight is 363 g/mol. The van der Waals surface area contributed by atoms with E-state index in [1.807, 2.05) is 53.1 Å². The third-order valence-corrected chi connectivity index (χ3v) is 4.54. The minimum Gasteiger partial charge on any atom is -0.320 e. The summed E-state index contributed by atoms with van der Waals surface area (Å²) in [6, 6.07) is 15.8. The second-order valence-electron chi connectivity index (χ2n) is 6.83. The Hall–Kier alpha value is -2.95. The molecule has 140 valence electrons. The maximum absolute atomic E-state index is 12.3. The Labute approximate surface area is 159 Å². The van der Waals surface area contributed by atoms with E-state index in [0.717, 1.165) is 41.0 Å². The van der Waals surface area contributed by atoms with Crippen LogP contribution in [0.3, 0.4) is 0 Å². The average Bonchev–Trinajstić information content (AvgIpc) is 2.96. The van der Waals surface area contributed by atoms with Crippen molar-refractivity contribution >= 4 is 28.4 Å². The zero-order valence-electron chi connectivity index (χ0n) is 16.1. The number of aryl methyl sites for hydroxylation is 1. The molecule has 3 rings (SSSR count). The molecule has 0 spiro atoms. The molecule has 3 aromatic rings. The lowest BCUT2D eigenvalue weighted by Gasteiger charge is -2.21. The van der Waals surface area contributed by atoms with Crippen LogP contribution in [0.5, 0.6) is 0 Å². The quantitative estimate of drug-likeness (QED) is 0.634. The molecular weight excluding hydrogens is 338 g/mol. The Morgan fingerprint density at radius 1 is 1.07 bits per heavy atom. The van der Waals surface area contributed by atoms with Crippen LogP contribution in [0.15, 0.2) is 48.5 Å². The second-order valence-corrected chi connectivity index (χ2v) is 6.83. The molecule has 1 aromatic heterocycles. The second kappa shape index (κ2) is 8.16. The first-order chi connectivity index (χ1) is 13.0. The highest BCUT2D eigenvalue weighted by Crippen LogP contribution is 2.25. The molecule has 5 heteroatoms. The number of aromatic nitrogens is 2. The topological polar surface area (TPSA) is 55.2 Å². The molecular formula is C22H25N3O2. The van der Waals surface area contributed by atoms with Crippen LogP contribution in [-0.4, -0.2) is 21.2 Å². The van der Waals surface area contributed by atoms with E-state index in [-0.39, 0.29) is 11.7 Å². The molecule has 1 heterocycles. The van der Waals surface area contributed by atoms with Gasteiger partial charge in [0, 0.05) is 19.0 Å². The Balaban J connectivity index is 2.01. The van der Waals surface area contributed by atoms with Gasteiger partial charge in [0.25, 0.3) is 0 Å². The van der Waals surface area contributed by atoms with Gasteiger partial charge in [0.15, 0.2) is 0 Å². The van der Waals surface area contributed by atoms with Crippen LogP contribution < -0.4 is 4.90 Å². The molecule has 2 aromatic carbocycles. The maximum atomic E-state index is 12.3. The summed E-state index contributed by atoms with van der Waals surface area (Å²) in [6.45, 7) is 6.10. The predicted molar refractivity (Wildman–Crippen MR) is 108 cm³/mol. The molecule has 27 heavy (non-hydrogen) atoms. The van der Waals surface area contributed by atoms with E-state index in [1.165, 1.54) is 0 Å². The highest BCUT2D eigenvalue weighted by Gasteiger charge is 2.16. The van der Waals surface area contributed by atoms with Gasteiger partial charge in [0.05, 0.1) is 24.1 Å². The molecule has 0 N–H and O–H groups in total. The highest BCUT2D eigenvalue weighted by atomic mass is 16.2. The number of carbonyl (C=O) groups excluding carboxylic acids is 2. The van der Waals surface area contributed by atoms with Gasteiger partial charge in [-0.1, -0.05) is 37.3 Å². The van der Waals surface area contributed by atoms with Gasteiger partial charge in [-0.25, -0.2) is 4.98 Å². The summed E-state index contributed by atoms with van der Waals surface area (Å²) in [5, 5.41) is 0. The molecule has 0 radical (unpaired) electrons. The lowest BCUT2D eigenvalue weighted by Crippen LogP contribution is -2.27. The van der Waals surface area contributed by atoms with E-state index < -0.39 is 0 Å². The van der Waals surface area contributed by atoms with Crippen LogP contribution in [0.4, 0.5) is 5.69 Å². The third-order valence-electron chi connectivity index (χ3n) is 4.54. The summed E-state index contributed by atoms with van der Waals surface area (Å²) in [7, 11) is 0. The number of anilines is 1. The lowest BCUT2D eigenvalue weighted by molar-refractivity contribution is -0.118. The lowest BCUT2D eigenvalue weighted by atomic mass is 10.2. The van der Waals surface area contributed by atoms with Crippen molar-refractivity contribution in [3.8, 4) is 0 Å². The van der Waals surface area contributed by atoms with E-state index in [9.17, 15) is 9.59 Å². The number of nitrogens with zero attached hydrogens (tertiary/aromatic N) is 3. The standard InChI is InChI=1S/C22H25N3O2/c1-4-8-22-23-20-13-19(11-12-21(20)25(22)14-16(2)26)24(17(3)27)15-18-9-6-5-7-10-18/h5-7,9-13H,4,8,14-15H2,1-3H3. The number of Topliss-reactive ketones (excluding diaryl/α,β-unsaturated/α-hetero) is 1. The van der Waals surface area contributed by atoms with Gasteiger partial charge in [-0.3, -0.25) is 9.59 Å². The Morgan fingerprint density at radius 3 is 2.44 bits per heavy atom. The van der Waals surface area contributed by atoms with Crippen LogP contribution in [0.2, 0.25) is 0 Å². The van der Waals surface area contributed by atoms with Gasteiger partial charge >= 0.3 is 0 Å². The molecule has 0 aliphatic rings. The number of amides is 1. The molecule has 0 bridgehead atoms. The van der Waals surface area contributed by atoms with Gasteiger partial charge in [-0.2, -0.15) is 0 Å². The number of benzene rings is 2. The fraction of sp³-hybridized carbons (Fsp3) is 0.318. The molecule has 5 nitrogen and oxygen atoms in total. The van der Waals surface area contributed by atoms with Crippen molar-refractivity contribution in [2.24, 2.45) is 0 Å². The third kappa shape index (κ3) is 4.25. The number of ketones is 1. The normalized spacial score (nSPS) is 10.9. The van der Waals surface area contributed by atoms with Crippen molar-refractivity contribution in [1.82, 2.24) is 9.55 Å². The van der Waals surface area contributed by atoms with Crippen molar-refractivity contribution in [2.75, 3.05) is 4.90 Å².